The molecule has 0 spiro atoms. The van der Waals surface area contributed by atoms with Gasteiger partial charge < -0.3 is 10.1 Å². The molecule has 0 aromatic heterocycles. The van der Waals surface area contributed by atoms with Crippen LogP contribution in [0.4, 0.5) is 0 Å². The third-order valence-electron chi connectivity index (χ3n) is 4.40. The van der Waals surface area contributed by atoms with Crippen LogP contribution in [0.25, 0.3) is 0 Å². The molecule has 0 bridgehead atoms. The largest absolute Gasteiger partial charge is 0.494 e. The standard InChI is InChI=1S/C19H23NO3S/c1-3-23-18-9-8-15(12-14(18)2)13-20-17-10-11-24(21,22)19-7-5-4-6-16(17)19/h4-9,12,17,20H,3,10-11,13H2,1-2H3. The lowest BCUT2D eigenvalue weighted by molar-refractivity contribution is 0.337. The van der Waals surface area contributed by atoms with Crippen molar-refractivity contribution in [3.63, 3.8) is 0 Å². The second-order valence-corrected chi connectivity index (χ2v) is 8.19. The number of hydrogen-bond donors (Lipinski definition) is 1. The zero-order valence-electron chi connectivity index (χ0n) is 14.1. The zero-order valence-corrected chi connectivity index (χ0v) is 14.9. The number of nitrogens with one attached hydrogen (secondary N) is 1. The number of hydrogen-bond acceptors (Lipinski definition) is 4. The minimum atomic E-state index is -3.13. The van der Waals surface area contributed by atoms with Gasteiger partial charge in [-0.1, -0.05) is 30.3 Å². The van der Waals surface area contributed by atoms with Gasteiger partial charge >= 0.3 is 0 Å². The molecule has 24 heavy (non-hydrogen) atoms. The van der Waals surface area contributed by atoms with Gasteiger partial charge in [0.25, 0.3) is 0 Å². The van der Waals surface area contributed by atoms with Crippen LogP contribution in [-0.2, 0) is 16.4 Å². The quantitative estimate of drug-likeness (QED) is 0.902. The van der Waals surface area contributed by atoms with Crippen LogP contribution < -0.4 is 10.1 Å². The van der Waals surface area contributed by atoms with Crippen LogP contribution in [0.15, 0.2) is 47.4 Å². The number of rotatable bonds is 5. The van der Waals surface area contributed by atoms with Gasteiger partial charge in [-0.15, -0.1) is 0 Å². The Balaban J connectivity index is 1.75. The van der Waals surface area contributed by atoms with Crippen LogP contribution in [0.2, 0.25) is 0 Å². The lowest BCUT2D eigenvalue weighted by Gasteiger charge is -2.26. The summed E-state index contributed by atoms with van der Waals surface area (Å²) < 4.78 is 30.0. The minimum absolute atomic E-state index is 0.0663. The van der Waals surface area contributed by atoms with Gasteiger partial charge in [0, 0.05) is 12.6 Å². The highest BCUT2D eigenvalue weighted by atomic mass is 32.2. The maximum Gasteiger partial charge on any atom is 0.178 e. The van der Waals surface area contributed by atoms with Crippen LogP contribution in [0.5, 0.6) is 5.75 Å². The van der Waals surface area contributed by atoms with E-state index in [0.29, 0.717) is 24.5 Å². The number of sulfone groups is 1. The van der Waals surface area contributed by atoms with E-state index < -0.39 is 9.84 Å². The lowest BCUT2D eigenvalue weighted by atomic mass is 10.0. The smallest absolute Gasteiger partial charge is 0.178 e. The normalized spacial score (nSPS) is 18.8. The van der Waals surface area contributed by atoms with Crippen molar-refractivity contribution in [3.8, 4) is 5.75 Å². The van der Waals surface area contributed by atoms with E-state index in [9.17, 15) is 8.42 Å². The molecule has 0 fully saturated rings. The van der Waals surface area contributed by atoms with Crippen molar-refractivity contribution >= 4 is 9.84 Å². The molecule has 128 valence electrons. The van der Waals surface area contributed by atoms with E-state index in [0.717, 1.165) is 16.9 Å². The Morgan fingerprint density at radius 3 is 2.75 bits per heavy atom. The molecule has 1 N–H and O–H groups in total. The van der Waals surface area contributed by atoms with Gasteiger partial charge in [0.15, 0.2) is 9.84 Å². The van der Waals surface area contributed by atoms with Crippen LogP contribution in [0.3, 0.4) is 0 Å². The Morgan fingerprint density at radius 1 is 1.21 bits per heavy atom. The van der Waals surface area contributed by atoms with Gasteiger partial charge in [0.2, 0.25) is 0 Å². The predicted molar refractivity (Wildman–Crippen MR) is 95.0 cm³/mol. The molecule has 1 aliphatic heterocycles. The predicted octanol–water partition coefficient (Wildman–Crippen LogP) is 3.40. The number of fused-ring (bicyclic) bond motifs is 1. The second-order valence-electron chi connectivity index (χ2n) is 6.11. The number of benzene rings is 2. The van der Waals surface area contributed by atoms with Gasteiger partial charge in [-0.3, -0.25) is 0 Å². The van der Waals surface area contributed by atoms with E-state index in [1.54, 1.807) is 12.1 Å². The fourth-order valence-electron chi connectivity index (χ4n) is 3.18. The first-order valence-corrected chi connectivity index (χ1v) is 9.94. The average Bonchev–Trinajstić information content (AvgIpc) is 2.57. The van der Waals surface area contributed by atoms with Gasteiger partial charge in [-0.05, 0) is 49.1 Å². The highest BCUT2D eigenvalue weighted by molar-refractivity contribution is 7.91. The molecule has 1 heterocycles. The molecule has 0 saturated carbocycles. The Morgan fingerprint density at radius 2 is 2.00 bits per heavy atom. The summed E-state index contributed by atoms with van der Waals surface area (Å²) >= 11 is 0. The first-order chi connectivity index (χ1) is 11.5. The third kappa shape index (κ3) is 3.47. The van der Waals surface area contributed by atoms with E-state index in [1.165, 1.54) is 5.56 Å². The molecule has 0 radical (unpaired) electrons. The Hall–Kier alpha value is -1.85. The topological polar surface area (TPSA) is 55.4 Å². The van der Waals surface area contributed by atoms with Crippen molar-refractivity contribution in [3.05, 3.63) is 59.2 Å². The Kier molecular flexibility index (Phi) is 4.92. The highest BCUT2D eigenvalue weighted by Gasteiger charge is 2.29. The molecule has 1 aliphatic rings. The van der Waals surface area contributed by atoms with Crippen LogP contribution >= 0.6 is 0 Å². The van der Waals surface area contributed by atoms with Gasteiger partial charge in [-0.2, -0.15) is 0 Å². The molecule has 0 saturated heterocycles. The highest BCUT2D eigenvalue weighted by Crippen LogP contribution is 2.32. The van der Waals surface area contributed by atoms with E-state index in [2.05, 4.69) is 17.4 Å². The summed E-state index contributed by atoms with van der Waals surface area (Å²) in [5, 5.41) is 3.51. The first-order valence-electron chi connectivity index (χ1n) is 8.28. The maximum atomic E-state index is 12.2. The Labute approximate surface area is 143 Å². The molecule has 3 rings (SSSR count). The first kappa shape index (κ1) is 17.0. The summed E-state index contributed by atoms with van der Waals surface area (Å²) in [6.07, 6.45) is 0.607. The van der Waals surface area contributed by atoms with E-state index in [4.69, 9.17) is 4.74 Å². The summed E-state index contributed by atoms with van der Waals surface area (Å²) in [5.41, 5.74) is 3.16. The zero-order chi connectivity index (χ0) is 17.2. The number of ether oxygens (including phenoxy) is 1. The molecule has 1 atom stereocenters. The summed E-state index contributed by atoms with van der Waals surface area (Å²) in [7, 11) is -3.13. The van der Waals surface area contributed by atoms with Crippen molar-refractivity contribution in [2.75, 3.05) is 12.4 Å². The van der Waals surface area contributed by atoms with E-state index >= 15 is 0 Å². The van der Waals surface area contributed by atoms with Gasteiger partial charge in [0.1, 0.15) is 5.75 Å². The maximum absolute atomic E-state index is 12.2. The molecule has 2 aromatic carbocycles. The number of aryl methyl sites for hydroxylation is 1. The second kappa shape index (κ2) is 6.95. The average molecular weight is 345 g/mol. The van der Waals surface area contributed by atoms with Crippen LogP contribution in [0, 0.1) is 6.92 Å². The molecule has 0 amide bonds. The molecule has 4 nitrogen and oxygen atoms in total. The fourth-order valence-corrected chi connectivity index (χ4v) is 4.80. The summed E-state index contributed by atoms with van der Waals surface area (Å²) in [6.45, 7) is 5.37. The van der Waals surface area contributed by atoms with Crippen molar-refractivity contribution in [2.45, 2.75) is 37.8 Å². The molecule has 1 unspecified atom stereocenters. The lowest BCUT2D eigenvalue weighted by Crippen LogP contribution is -2.29. The van der Waals surface area contributed by atoms with Crippen molar-refractivity contribution in [1.82, 2.24) is 5.32 Å². The van der Waals surface area contributed by atoms with Crippen molar-refractivity contribution in [2.24, 2.45) is 0 Å². The molecule has 5 heteroatoms. The van der Waals surface area contributed by atoms with Crippen LogP contribution in [-0.4, -0.2) is 20.8 Å². The SMILES string of the molecule is CCOc1ccc(CNC2CCS(=O)(=O)c3ccccc32)cc1C. The van der Waals surface area contributed by atoms with Crippen molar-refractivity contribution in [1.29, 1.82) is 0 Å². The van der Waals surface area contributed by atoms with Crippen molar-refractivity contribution < 1.29 is 13.2 Å². The Bertz CT molecular complexity index is 830. The van der Waals surface area contributed by atoms with Gasteiger partial charge in [0.05, 0.1) is 17.3 Å². The summed E-state index contributed by atoms with van der Waals surface area (Å²) in [5.74, 6) is 1.11. The summed E-state index contributed by atoms with van der Waals surface area (Å²) in [6, 6.07) is 13.5. The van der Waals surface area contributed by atoms with E-state index in [1.807, 2.05) is 32.0 Å². The molecular weight excluding hydrogens is 322 g/mol. The molecule has 0 aliphatic carbocycles. The fraction of sp³-hybridized carbons (Fsp3) is 0.368. The van der Waals surface area contributed by atoms with Gasteiger partial charge in [-0.25, -0.2) is 8.42 Å². The summed E-state index contributed by atoms with van der Waals surface area (Å²) in [4.78, 5) is 0.469. The molecule has 2 aromatic rings. The minimum Gasteiger partial charge on any atom is -0.494 e. The molecular formula is C19H23NO3S. The van der Waals surface area contributed by atoms with E-state index in [-0.39, 0.29) is 11.8 Å². The van der Waals surface area contributed by atoms with Crippen LogP contribution in [0.1, 0.15) is 36.1 Å². The monoisotopic (exact) mass is 345 g/mol. The third-order valence-corrected chi connectivity index (χ3v) is 6.21.